The average molecular weight is 1990 g/mol. The molecule has 0 saturated heterocycles. The van der Waals surface area contributed by atoms with E-state index in [9.17, 15) is 0 Å². The maximum absolute atomic E-state index is 6.58. The molecule has 14 heteroatoms. The Morgan fingerprint density at radius 1 is 0.220 bits per heavy atom. The fourth-order valence-electron chi connectivity index (χ4n) is 24.6. The number of para-hydroxylation sites is 7. The van der Waals surface area contributed by atoms with E-state index in [0.29, 0.717) is 0 Å². The largest absolute Gasteiger partial charge is 0.455 e. The predicted molar refractivity (Wildman–Crippen MR) is 637 cm³/mol. The molecule has 0 amide bonds. The number of benzene rings is 20. The summed E-state index contributed by atoms with van der Waals surface area (Å²) in [7, 11) is -6.35. The Bertz CT molecular complexity index is 10100. The van der Waals surface area contributed by atoms with Crippen LogP contribution >= 0.6 is 11.3 Å². The third-order valence-corrected chi connectivity index (χ3v) is 42.9. The molecule has 0 radical (unpaired) electrons. The summed E-state index contributed by atoms with van der Waals surface area (Å²) in [6.45, 7) is 14.6. The summed E-state index contributed by atoms with van der Waals surface area (Å²) in [5.41, 5.74) is 33.7. The van der Waals surface area contributed by atoms with Crippen LogP contribution in [0, 0.1) is 0 Å². The summed E-state index contributed by atoms with van der Waals surface area (Å²) in [5, 5.41) is 22.5. The number of furan rings is 1. The van der Waals surface area contributed by atoms with Crippen LogP contribution in [0.5, 0.6) is 0 Å². The highest BCUT2D eigenvalue weighted by Crippen LogP contribution is 2.50. The van der Waals surface area contributed by atoms with Crippen molar-refractivity contribution in [3.63, 3.8) is 0 Å². The van der Waals surface area contributed by atoms with E-state index >= 15 is 0 Å². The first-order chi connectivity index (χ1) is 73.7. The van der Waals surface area contributed by atoms with Crippen molar-refractivity contribution in [3.8, 4) is 141 Å². The van der Waals surface area contributed by atoms with Crippen molar-refractivity contribution in [1.82, 2.24) is 43.6 Å². The zero-order valence-corrected chi connectivity index (χ0v) is 87.1. The Morgan fingerprint density at radius 3 is 1.14 bits per heavy atom. The molecule has 0 bridgehead atoms. The normalized spacial score (nSPS) is 13.3. The maximum atomic E-state index is 6.58. The van der Waals surface area contributed by atoms with Gasteiger partial charge in [0.25, 0.3) is 0 Å². The van der Waals surface area contributed by atoms with Crippen molar-refractivity contribution in [3.05, 3.63) is 467 Å². The van der Waals surface area contributed by atoms with E-state index in [1.807, 2.05) is 23.5 Å². The van der Waals surface area contributed by atoms with Crippen molar-refractivity contribution in [2.45, 2.75) is 39.3 Å². The summed E-state index contributed by atoms with van der Waals surface area (Å²) in [4.78, 5) is 33.0. The number of thiophene rings is 1. The predicted octanol–water partition coefficient (Wildman–Crippen LogP) is 31.9. The van der Waals surface area contributed by atoms with Crippen LogP contribution < -0.4 is 31.5 Å². The fourth-order valence-corrected chi connectivity index (χ4v) is 34.5. The first-order valence-corrected chi connectivity index (χ1v) is 61.3. The van der Waals surface area contributed by atoms with Gasteiger partial charge in [0.1, 0.15) is 35.4 Å². The molecular formula is C136H95N9OSSi3. The number of hydrogen-bond donors (Lipinski definition) is 0. The first-order valence-electron chi connectivity index (χ1n) is 51.5. The van der Waals surface area contributed by atoms with Crippen molar-refractivity contribution in [2.75, 3.05) is 0 Å². The minimum absolute atomic E-state index is 0.749. The number of rotatable bonds is 11. The molecule has 0 fully saturated rings. The molecule has 0 atom stereocenters. The molecule has 150 heavy (non-hydrogen) atoms. The molecule has 28 aromatic rings. The minimum atomic E-state index is -2.13. The first kappa shape index (κ1) is 88.5. The molecule has 0 N–H and O–H groups in total. The number of nitrogens with zero attached hydrogens (tertiary/aromatic N) is 9. The van der Waals surface area contributed by atoms with Crippen molar-refractivity contribution in [2.24, 2.45) is 0 Å². The number of hydrogen-bond acceptors (Lipinski definition) is 8. The Balaban J connectivity index is 0.000000106. The zero-order chi connectivity index (χ0) is 99.9. The van der Waals surface area contributed by atoms with E-state index in [0.717, 1.165) is 118 Å². The van der Waals surface area contributed by atoms with Gasteiger partial charge < -0.3 is 18.1 Å². The Labute approximate surface area is 873 Å². The number of aromatic nitrogens is 9. The molecule has 0 saturated carbocycles. The fraction of sp³-hybridized carbons (Fsp3) is 0.0441. The second kappa shape index (κ2) is 34.6. The van der Waals surface area contributed by atoms with Crippen LogP contribution in [0.3, 0.4) is 0 Å². The van der Waals surface area contributed by atoms with Gasteiger partial charge in [-0.3, -0.25) is 0 Å². The van der Waals surface area contributed by atoms with Crippen molar-refractivity contribution >= 4 is 185 Å². The minimum Gasteiger partial charge on any atom is -0.455 e. The topological polar surface area (TPSA) is 105 Å². The van der Waals surface area contributed by atoms with Gasteiger partial charge in [0.2, 0.25) is 0 Å². The lowest BCUT2D eigenvalue weighted by atomic mass is 9.96. The standard InChI is InChI=1S/C52H37N3Si.C42H29N3OSi.C42H29N3SSi/c1-56(2)47-26-12-11-25-43(47)49-50(39-20-13-18-36(31-39)34-15-5-3-6-16-34)53-51(54-52(49)56)40-21-14-19-37(32-40)38-28-29-45-44(33-38)48-42-24-10-9-17-35(42)27-30-46(48)55(45)41-22-7-4-8-23-41;2*1-47(2)37-22-11-8-17-31(37)38-39(32-19-12-18-30-29-16-7-10-21-36(29)46-40(30)32)43-41(44-42(38)47)26-23-24-35-33(25-26)28-15-6-9-20-34(28)45(35)27-13-4-3-5-14-27/h3-33H,1-2H3;2*3-25H,1-2H3. The smallest absolute Gasteiger partial charge is 0.159 e. The number of fused-ring (bicyclic) bond motifs is 26. The van der Waals surface area contributed by atoms with Crippen LogP contribution in [-0.2, 0) is 0 Å². The van der Waals surface area contributed by atoms with E-state index in [1.165, 1.54) is 172 Å². The van der Waals surface area contributed by atoms with Gasteiger partial charge in [-0.15, -0.1) is 11.3 Å². The van der Waals surface area contributed by atoms with Gasteiger partial charge >= 0.3 is 0 Å². The van der Waals surface area contributed by atoms with Gasteiger partial charge in [0, 0.05) is 146 Å². The van der Waals surface area contributed by atoms with Gasteiger partial charge in [0.15, 0.2) is 17.5 Å². The summed E-state index contributed by atoms with van der Waals surface area (Å²) in [6.07, 6.45) is 0. The van der Waals surface area contributed by atoms with Crippen LogP contribution in [0.2, 0.25) is 39.3 Å². The summed E-state index contributed by atoms with van der Waals surface area (Å²) in [5.74, 6) is 2.31. The molecule has 3 aliphatic rings. The zero-order valence-electron chi connectivity index (χ0n) is 83.3. The second-order valence-electron chi connectivity index (χ2n) is 41.4. The molecular weight excluding hydrogens is 1890 g/mol. The van der Waals surface area contributed by atoms with E-state index in [-0.39, 0.29) is 0 Å². The summed E-state index contributed by atoms with van der Waals surface area (Å²) >= 11 is 1.86. The molecule has 0 aliphatic carbocycles. The van der Waals surface area contributed by atoms with Crippen LogP contribution in [0.4, 0.5) is 0 Å². The molecule has 10 nitrogen and oxygen atoms in total. The third-order valence-electron chi connectivity index (χ3n) is 31.7. The molecule has 0 spiro atoms. The quantitative estimate of drug-likeness (QED) is 0.119. The lowest BCUT2D eigenvalue weighted by Gasteiger charge is -2.19. The molecule has 0 unspecified atom stereocenters. The van der Waals surface area contributed by atoms with Gasteiger partial charge in [-0.25, -0.2) is 29.9 Å². The van der Waals surface area contributed by atoms with E-state index in [1.54, 1.807) is 0 Å². The molecule has 31 rings (SSSR count). The van der Waals surface area contributed by atoms with Crippen molar-refractivity contribution in [1.29, 1.82) is 0 Å². The highest BCUT2D eigenvalue weighted by molar-refractivity contribution is 7.26. The Kier molecular flexibility index (Phi) is 20.4. The maximum Gasteiger partial charge on any atom is 0.159 e. The molecule has 11 heterocycles. The van der Waals surface area contributed by atoms with Gasteiger partial charge in [0.05, 0.1) is 50.2 Å². The van der Waals surface area contributed by atoms with E-state index in [2.05, 4.69) is 508 Å². The van der Waals surface area contributed by atoms with Gasteiger partial charge in [-0.05, 0) is 199 Å². The Hall–Kier alpha value is -18.0. The summed E-state index contributed by atoms with van der Waals surface area (Å²) < 4.78 is 16.3. The second-order valence-corrected chi connectivity index (χ2v) is 55.2. The van der Waals surface area contributed by atoms with Gasteiger partial charge in [-0.2, -0.15) is 0 Å². The highest BCUT2D eigenvalue weighted by Gasteiger charge is 2.46. The summed E-state index contributed by atoms with van der Waals surface area (Å²) in [6, 6.07) is 168. The average Bonchev–Trinajstić information content (AvgIpc) is 1.55. The van der Waals surface area contributed by atoms with Crippen LogP contribution in [0.25, 0.3) is 259 Å². The van der Waals surface area contributed by atoms with Crippen LogP contribution in [0.15, 0.2) is 472 Å². The molecule has 20 aromatic carbocycles. The lowest BCUT2D eigenvalue weighted by Crippen LogP contribution is -2.50. The Morgan fingerprint density at radius 2 is 0.573 bits per heavy atom. The SMILES string of the molecule is C[Si]1(C)c2ccccc2-c2c(-c3cccc(-c4ccccc4)c3)nc(-c3cccc(-c4ccc5c(c4)c4c6ccccc6ccc4n5-c4ccccc4)c3)nc21.C[Si]1(C)c2ccccc2-c2c(-c3cccc4c3oc3ccccc34)nc(-c3ccc4c(c3)c3ccccc3n4-c3ccccc3)nc21.C[Si]1(C)c2ccccc2-c2c(-c3cccc4c3sc3ccccc34)nc(-c3ccc4c(c3)c3ccccc3n4-c3ccccc3)nc21. The van der Waals surface area contributed by atoms with E-state index in [4.69, 9.17) is 34.3 Å². The molecule has 8 aromatic heterocycles. The van der Waals surface area contributed by atoms with E-state index < -0.39 is 24.2 Å². The van der Waals surface area contributed by atoms with Gasteiger partial charge in [-0.1, -0.05) is 373 Å². The highest BCUT2D eigenvalue weighted by atomic mass is 32.1. The monoisotopic (exact) mass is 1990 g/mol. The van der Waals surface area contributed by atoms with Crippen molar-refractivity contribution < 1.29 is 4.42 Å². The third kappa shape index (κ3) is 13.9. The molecule has 708 valence electrons. The molecule has 3 aliphatic heterocycles. The van der Waals surface area contributed by atoms with Crippen LogP contribution in [0.1, 0.15) is 0 Å². The lowest BCUT2D eigenvalue weighted by molar-refractivity contribution is 0.670. The van der Waals surface area contributed by atoms with Crippen LogP contribution in [-0.4, -0.2) is 67.8 Å².